The monoisotopic (exact) mass is 344 g/mol. The lowest BCUT2D eigenvalue weighted by molar-refractivity contribution is 0.0992. The fourth-order valence-corrected chi connectivity index (χ4v) is 3.50. The van der Waals surface area contributed by atoms with Gasteiger partial charge in [0.15, 0.2) is 15.6 Å². The molecule has 0 aliphatic heterocycles. The summed E-state index contributed by atoms with van der Waals surface area (Å²) >= 11 is 0. The molecule has 0 N–H and O–H groups in total. The van der Waals surface area contributed by atoms with Crippen molar-refractivity contribution in [3.63, 3.8) is 0 Å². The minimum absolute atomic E-state index is 0.0458. The van der Waals surface area contributed by atoms with Crippen LogP contribution in [0.1, 0.15) is 46.8 Å². The SMILES string of the molecule is CCCCc1ccc(CC(=O)c2ccccc2CS(C)(=O)=O)cc1. The molecule has 2 aromatic carbocycles. The Morgan fingerprint density at radius 3 is 2.21 bits per heavy atom. The van der Waals surface area contributed by atoms with E-state index in [-0.39, 0.29) is 18.0 Å². The van der Waals surface area contributed by atoms with E-state index in [2.05, 4.69) is 19.1 Å². The van der Waals surface area contributed by atoms with Crippen molar-refractivity contribution >= 4 is 15.6 Å². The smallest absolute Gasteiger partial charge is 0.167 e. The van der Waals surface area contributed by atoms with Gasteiger partial charge in [0, 0.05) is 18.2 Å². The molecule has 0 amide bonds. The second-order valence-corrected chi connectivity index (χ2v) is 8.39. The molecular formula is C20H24O3S. The third kappa shape index (κ3) is 5.60. The van der Waals surface area contributed by atoms with Crippen molar-refractivity contribution in [1.29, 1.82) is 0 Å². The van der Waals surface area contributed by atoms with Gasteiger partial charge in [-0.1, -0.05) is 61.9 Å². The minimum Gasteiger partial charge on any atom is -0.294 e. The first-order valence-electron chi connectivity index (χ1n) is 8.25. The zero-order valence-electron chi connectivity index (χ0n) is 14.3. The summed E-state index contributed by atoms with van der Waals surface area (Å²) in [6.45, 7) is 2.17. The third-order valence-electron chi connectivity index (χ3n) is 3.94. The van der Waals surface area contributed by atoms with E-state index in [1.54, 1.807) is 24.3 Å². The van der Waals surface area contributed by atoms with Crippen LogP contribution in [-0.4, -0.2) is 20.5 Å². The van der Waals surface area contributed by atoms with Crippen molar-refractivity contribution in [1.82, 2.24) is 0 Å². The van der Waals surface area contributed by atoms with E-state index in [1.165, 1.54) is 11.8 Å². The highest BCUT2D eigenvalue weighted by molar-refractivity contribution is 7.89. The molecule has 0 saturated carbocycles. The number of aryl methyl sites for hydroxylation is 1. The van der Waals surface area contributed by atoms with E-state index in [0.29, 0.717) is 11.1 Å². The maximum absolute atomic E-state index is 12.6. The predicted molar refractivity (Wildman–Crippen MR) is 98.1 cm³/mol. The van der Waals surface area contributed by atoms with Gasteiger partial charge in [0.25, 0.3) is 0 Å². The third-order valence-corrected chi connectivity index (χ3v) is 4.78. The zero-order chi connectivity index (χ0) is 17.6. The van der Waals surface area contributed by atoms with Gasteiger partial charge in [-0.15, -0.1) is 0 Å². The summed E-state index contributed by atoms with van der Waals surface area (Å²) in [6.07, 6.45) is 4.86. The highest BCUT2D eigenvalue weighted by Gasteiger charge is 2.15. The molecule has 0 saturated heterocycles. The number of rotatable bonds is 8. The lowest BCUT2D eigenvalue weighted by Crippen LogP contribution is -2.10. The van der Waals surface area contributed by atoms with E-state index in [0.717, 1.165) is 24.8 Å². The van der Waals surface area contributed by atoms with Crippen LogP contribution in [0.4, 0.5) is 0 Å². The summed E-state index contributed by atoms with van der Waals surface area (Å²) < 4.78 is 23.1. The summed E-state index contributed by atoms with van der Waals surface area (Å²) in [6, 6.07) is 15.1. The predicted octanol–water partition coefficient (Wildman–Crippen LogP) is 4.00. The second kappa shape index (κ2) is 8.25. The van der Waals surface area contributed by atoms with E-state index in [9.17, 15) is 13.2 Å². The Morgan fingerprint density at radius 1 is 0.958 bits per heavy atom. The Morgan fingerprint density at radius 2 is 1.58 bits per heavy atom. The molecule has 0 unspecified atom stereocenters. The first kappa shape index (κ1) is 18.4. The van der Waals surface area contributed by atoms with Crippen LogP contribution in [0.15, 0.2) is 48.5 Å². The number of carbonyl (C=O) groups is 1. The molecule has 0 atom stereocenters. The van der Waals surface area contributed by atoms with Crippen LogP contribution in [-0.2, 0) is 28.4 Å². The molecule has 4 heteroatoms. The van der Waals surface area contributed by atoms with Gasteiger partial charge in [0.05, 0.1) is 5.75 Å². The van der Waals surface area contributed by atoms with Crippen molar-refractivity contribution in [2.45, 2.75) is 38.4 Å². The normalized spacial score (nSPS) is 11.4. The van der Waals surface area contributed by atoms with E-state index in [1.807, 2.05) is 12.1 Å². The Bertz CT molecular complexity index is 790. The minimum atomic E-state index is -3.17. The molecule has 0 radical (unpaired) electrons. The summed E-state index contributed by atoms with van der Waals surface area (Å²) in [5.41, 5.74) is 3.31. The Labute approximate surface area is 144 Å². The summed E-state index contributed by atoms with van der Waals surface area (Å²) in [5, 5.41) is 0. The topological polar surface area (TPSA) is 51.2 Å². The maximum atomic E-state index is 12.6. The van der Waals surface area contributed by atoms with Crippen LogP contribution in [0.25, 0.3) is 0 Å². The fourth-order valence-electron chi connectivity index (χ4n) is 2.69. The van der Waals surface area contributed by atoms with Crippen molar-refractivity contribution in [2.24, 2.45) is 0 Å². The molecule has 0 bridgehead atoms. The van der Waals surface area contributed by atoms with Gasteiger partial charge in [-0.3, -0.25) is 4.79 Å². The summed E-state index contributed by atoms with van der Waals surface area (Å²) in [5.74, 6) is -0.152. The molecule has 0 spiro atoms. The largest absolute Gasteiger partial charge is 0.294 e. The van der Waals surface area contributed by atoms with Crippen LogP contribution < -0.4 is 0 Å². The van der Waals surface area contributed by atoms with Crippen molar-refractivity contribution < 1.29 is 13.2 Å². The van der Waals surface area contributed by atoms with Gasteiger partial charge in [-0.25, -0.2) is 8.42 Å². The molecule has 0 aliphatic rings. The molecule has 0 aliphatic carbocycles. The number of hydrogen-bond donors (Lipinski definition) is 0. The van der Waals surface area contributed by atoms with E-state index in [4.69, 9.17) is 0 Å². The van der Waals surface area contributed by atoms with Gasteiger partial charge in [-0.2, -0.15) is 0 Å². The van der Waals surface area contributed by atoms with Gasteiger partial charge >= 0.3 is 0 Å². The molecule has 0 fully saturated rings. The van der Waals surface area contributed by atoms with Gasteiger partial charge in [0.1, 0.15) is 0 Å². The Kier molecular flexibility index (Phi) is 6.32. The molecule has 128 valence electrons. The van der Waals surface area contributed by atoms with Gasteiger partial charge < -0.3 is 0 Å². The quantitative estimate of drug-likeness (QED) is 0.680. The Balaban J connectivity index is 2.12. The molecule has 0 heterocycles. The van der Waals surface area contributed by atoms with E-state index < -0.39 is 9.84 Å². The second-order valence-electron chi connectivity index (χ2n) is 6.25. The number of Topliss-reactive ketones (excluding diaryl/α,β-unsaturated/α-hetero) is 1. The fraction of sp³-hybridized carbons (Fsp3) is 0.350. The van der Waals surface area contributed by atoms with Gasteiger partial charge in [-0.05, 0) is 29.5 Å². The van der Waals surface area contributed by atoms with Crippen molar-refractivity contribution in [3.8, 4) is 0 Å². The van der Waals surface area contributed by atoms with Crippen LogP contribution >= 0.6 is 0 Å². The molecule has 24 heavy (non-hydrogen) atoms. The number of carbonyl (C=O) groups excluding carboxylic acids is 1. The summed E-state index contributed by atoms with van der Waals surface area (Å²) in [4.78, 5) is 12.6. The van der Waals surface area contributed by atoms with Crippen molar-refractivity contribution in [3.05, 3.63) is 70.8 Å². The van der Waals surface area contributed by atoms with Crippen LogP contribution in [0, 0.1) is 0 Å². The average molecular weight is 344 g/mol. The van der Waals surface area contributed by atoms with E-state index >= 15 is 0 Å². The lowest BCUT2D eigenvalue weighted by atomic mass is 9.98. The number of unbranched alkanes of at least 4 members (excludes halogenated alkanes) is 1. The molecule has 2 aromatic rings. The highest BCUT2D eigenvalue weighted by Crippen LogP contribution is 2.16. The molecule has 0 aromatic heterocycles. The standard InChI is InChI=1S/C20H24O3S/c1-3-4-7-16-10-12-17(13-11-16)14-20(21)19-9-6-5-8-18(19)15-24(2,22)23/h5-6,8-13H,3-4,7,14-15H2,1-2H3. The van der Waals surface area contributed by atoms with Gasteiger partial charge in [0.2, 0.25) is 0 Å². The zero-order valence-corrected chi connectivity index (χ0v) is 15.1. The summed E-state index contributed by atoms with van der Waals surface area (Å²) in [7, 11) is -3.17. The first-order chi connectivity index (χ1) is 11.4. The van der Waals surface area contributed by atoms with Crippen LogP contribution in [0.5, 0.6) is 0 Å². The van der Waals surface area contributed by atoms with Crippen LogP contribution in [0.3, 0.4) is 0 Å². The Hall–Kier alpha value is -1.94. The first-order valence-corrected chi connectivity index (χ1v) is 10.3. The number of sulfone groups is 1. The van der Waals surface area contributed by atoms with Crippen LogP contribution in [0.2, 0.25) is 0 Å². The number of ketones is 1. The van der Waals surface area contributed by atoms with Crippen molar-refractivity contribution in [2.75, 3.05) is 6.26 Å². The highest BCUT2D eigenvalue weighted by atomic mass is 32.2. The lowest BCUT2D eigenvalue weighted by Gasteiger charge is -2.08. The number of hydrogen-bond acceptors (Lipinski definition) is 3. The average Bonchev–Trinajstić information content (AvgIpc) is 2.53. The molecular weight excluding hydrogens is 320 g/mol. The molecule has 2 rings (SSSR count). The number of benzene rings is 2. The maximum Gasteiger partial charge on any atom is 0.167 e. The molecule has 3 nitrogen and oxygen atoms in total.